The normalized spacial score (nSPS) is 23.1. The zero-order valence-electron chi connectivity index (χ0n) is 7.62. The standard InChI is InChI=1S/C10H14O3/c11-9-7-5-3-1-2-4-6-8-10(12)13-9/h5,7H,1-4,6,8H2/b7-5-. The van der Waals surface area contributed by atoms with Crippen LogP contribution >= 0.6 is 0 Å². The van der Waals surface area contributed by atoms with Crippen LogP contribution < -0.4 is 0 Å². The van der Waals surface area contributed by atoms with Crippen molar-refractivity contribution in [1.82, 2.24) is 0 Å². The second-order valence-electron chi connectivity index (χ2n) is 3.15. The summed E-state index contributed by atoms with van der Waals surface area (Å²) in [5.41, 5.74) is 0. The molecule has 13 heavy (non-hydrogen) atoms. The summed E-state index contributed by atoms with van der Waals surface area (Å²) in [5.74, 6) is -0.941. The van der Waals surface area contributed by atoms with E-state index in [0.717, 1.165) is 32.1 Å². The smallest absolute Gasteiger partial charge is 0.338 e. The first kappa shape index (κ1) is 9.96. The van der Waals surface area contributed by atoms with Gasteiger partial charge in [0, 0.05) is 12.5 Å². The third-order valence-corrected chi connectivity index (χ3v) is 1.97. The average molecular weight is 182 g/mol. The highest BCUT2D eigenvalue weighted by molar-refractivity contribution is 5.91. The maximum absolute atomic E-state index is 10.9. The molecule has 1 rings (SSSR count). The summed E-state index contributed by atoms with van der Waals surface area (Å²) in [6.45, 7) is 0. The van der Waals surface area contributed by atoms with Crippen molar-refractivity contribution < 1.29 is 14.3 Å². The Hall–Kier alpha value is -1.12. The van der Waals surface area contributed by atoms with Crippen LogP contribution in [0.4, 0.5) is 0 Å². The molecule has 0 aromatic heterocycles. The fourth-order valence-corrected chi connectivity index (χ4v) is 1.26. The molecular weight excluding hydrogens is 168 g/mol. The van der Waals surface area contributed by atoms with Gasteiger partial charge in [-0.1, -0.05) is 18.9 Å². The van der Waals surface area contributed by atoms with Crippen molar-refractivity contribution in [1.29, 1.82) is 0 Å². The molecule has 0 aromatic rings. The van der Waals surface area contributed by atoms with Gasteiger partial charge in [0.1, 0.15) is 0 Å². The van der Waals surface area contributed by atoms with E-state index in [9.17, 15) is 9.59 Å². The van der Waals surface area contributed by atoms with Crippen molar-refractivity contribution in [3.63, 3.8) is 0 Å². The predicted molar refractivity (Wildman–Crippen MR) is 47.9 cm³/mol. The van der Waals surface area contributed by atoms with Crippen molar-refractivity contribution in [3.05, 3.63) is 12.2 Å². The topological polar surface area (TPSA) is 43.4 Å². The number of carbonyl (C=O) groups excluding carboxylic acids is 2. The Morgan fingerprint density at radius 1 is 1.08 bits per heavy atom. The number of ether oxygens (including phenoxy) is 1. The van der Waals surface area contributed by atoms with Crippen molar-refractivity contribution in [3.8, 4) is 0 Å². The van der Waals surface area contributed by atoms with E-state index in [2.05, 4.69) is 4.74 Å². The molecule has 1 heterocycles. The van der Waals surface area contributed by atoms with Gasteiger partial charge in [0.05, 0.1) is 0 Å². The van der Waals surface area contributed by atoms with Crippen LogP contribution in [-0.2, 0) is 14.3 Å². The lowest BCUT2D eigenvalue weighted by Gasteiger charge is -1.98. The first-order chi connectivity index (χ1) is 6.29. The number of hydrogen-bond acceptors (Lipinski definition) is 3. The van der Waals surface area contributed by atoms with Gasteiger partial charge in [-0.05, 0) is 19.3 Å². The molecule has 0 saturated heterocycles. The molecule has 0 spiro atoms. The maximum atomic E-state index is 10.9. The third-order valence-electron chi connectivity index (χ3n) is 1.97. The van der Waals surface area contributed by atoms with E-state index in [-0.39, 0.29) is 0 Å². The van der Waals surface area contributed by atoms with E-state index in [1.807, 2.05) is 0 Å². The fraction of sp³-hybridized carbons (Fsp3) is 0.600. The predicted octanol–water partition coefficient (Wildman–Crippen LogP) is 1.97. The van der Waals surface area contributed by atoms with Gasteiger partial charge in [0.2, 0.25) is 0 Å². The van der Waals surface area contributed by atoms with Gasteiger partial charge in [-0.3, -0.25) is 4.79 Å². The molecule has 0 bridgehead atoms. The molecule has 0 aromatic carbocycles. The molecule has 0 saturated carbocycles. The average Bonchev–Trinajstić information content (AvgIpc) is 2.11. The Kier molecular flexibility index (Phi) is 4.23. The summed E-state index contributed by atoms with van der Waals surface area (Å²) in [6.07, 6.45) is 8.42. The first-order valence-corrected chi connectivity index (χ1v) is 4.70. The Morgan fingerprint density at radius 3 is 2.69 bits per heavy atom. The number of esters is 2. The second kappa shape index (κ2) is 5.51. The van der Waals surface area contributed by atoms with E-state index in [1.54, 1.807) is 6.08 Å². The van der Waals surface area contributed by atoms with Crippen molar-refractivity contribution in [2.24, 2.45) is 0 Å². The Labute approximate surface area is 77.8 Å². The Balaban J connectivity index is 2.45. The molecule has 0 unspecified atom stereocenters. The van der Waals surface area contributed by atoms with Crippen LogP contribution in [0.5, 0.6) is 0 Å². The van der Waals surface area contributed by atoms with E-state index >= 15 is 0 Å². The first-order valence-electron chi connectivity index (χ1n) is 4.70. The van der Waals surface area contributed by atoms with Crippen LogP contribution in [0.25, 0.3) is 0 Å². The highest BCUT2D eigenvalue weighted by Gasteiger charge is 2.07. The molecule has 0 fully saturated rings. The van der Waals surface area contributed by atoms with E-state index in [0.29, 0.717) is 6.42 Å². The minimum Gasteiger partial charge on any atom is -0.390 e. The monoisotopic (exact) mass is 182 g/mol. The molecule has 3 heteroatoms. The summed E-state index contributed by atoms with van der Waals surface area (Å²) >= 11 is 0. The highest BCUT2D eigenvalue weighted by Crippen LogP contribution is 2.08. The third kappa shape index (κ3) is 4.45. The van der Waals surface area contributed by atoms with Gasteiger partial charge in [0.25, 0.3) is 0 Å². The summed E-state index contributed by atoms with van der Waals surface area (Å²) in [7, 11) is 0. The van der Waals surface area contributed by atoms with E-state index in [4.69, 9.17) is 0 Å². The van der Waals surface area contributed by atoms with Crippen molar-refractivity contribution >= 4 is 11.9 Å². The molecule has 0 radical (unpaired) electrons. The summed E-state index contributed by atoms with van der Waals surface area (Å²) in [6, 6.07) is 0. The Bertz CT molecular complexity index is 218. The summed E-state index contributed by atoms with van der Waals surface area (Å²) in [4.78, 5) is 21.8. The number of rotatable bonds is 0. The van der Waals surface area contributed by atoms with Gasteiger partial charge < -0.3 is 4.74 Å². The molecule has 3 nitrogen and oxygen atoms in total. The van der Waals surface area contributed by atoms with E-state index < -0.39 is 11.9 Å². The van der Waals surface area contributed by atoms with Crippen LogP contribution in [0.3, 0.4) is 0 Å². The second-order valence-corrected chi connectivity index (χ2v) is 3.15. The molecule has 72 valence electrons. The number of cyclic esters (lactones) is 2. The van der Waals surface area contributed by atoms with Crippen LogP contribution in [0.1, 0.15) is 38.5 Å². The quantitative estimate of drug-likeness (QED) is 0.425. The molecular formula is C10H14O3. The molecule has 0 atom stereocenters. The Morgan fingerprint density at radius 2 is 1.85 bits per heavy atom. The highest BCUT2D eigenvalue weighted by atomic mass is 16.6. The molecule has 1 aliphatic heterocycles. The van der Waals surface area contributed by atoms with Crippen molar-refractivity contribution in [2.75, 3.05) is 0 Å². The van der Waals surface area contributed by atoms with E-state index in [1.165, 1.54) is 6.08 Å². The van der Waals surface area contributed by atoms with Gasteiger partial charge in [0.15, 0.2) is 0 Å². The van der Waals surface area contributed by atoms with Crippen molar-refractivity contribution in [2.45, 2.75) is 38.5 Å². The van der Waals surface area contributed by atoms with Gasteiger partial charge in [-0.2, -0.15) is 0 Å². The number of hydrogen-bond donors (Lipinski definition) is 0. The van der Waals surface area contributed by atoms with Gasteiger partial charge in [-0.15, -0.1) is 0 Å². The van der Waals surface area contributed by atoms with Crippen LogP contribution in [0.2, 0.25) is 0 Å². The minimum absolute atomic E-state index is 0.361. The molecule has 0 aliphatic carbocycles. The van der Waals surface area contributed by atoms with Crippen LogP contribution in [0, 0.1) is 0 Å². The lowest BCUT2D eigenvalue weighted by atomic mass is 10.1. The molecule has 0 amide bonds. The fourth-order valence-electron chi connectivity index (χ4n) is 1.26. The lowest BCUT2D eigenvalue weighted by Crippen LogP contribution is -2.09. The van der Waals surface area contributed by atoms with Gasteiger partial charge >= 0.3 is 11.9 Å². The minimum atomic E-state index is -0.535. The molecule has 0 N–H and O–H groups in total. The molecule has 1 aliphatic rings. The van der Waals surface area contributed by atoms with Crippen LogP contribution in [-0.4, -0.2) is 11.9 Å². The van der Waals surface area contributed by atoms with Crippen LogP contribution in [0.15, 0.2) is 12.2 Å². The maximum Gasteiger partial charge on any atom is 0.338 e. The zero-order chi connectivity index (χ0) is 9.52. The zero-order valence-corrected chi connectivity index (χ0v) is 7.62. The lowest BCUT2D eigenvalue weighted by molar-refractivity contribution is -0.156. The summed E-state index contributed by atoms with van der Waals surface area (Å²) < 4.78 is 4.52. The largest absolute Gasteiger partial charge is 0.390 e. The number of carbonyl (C=O) groups is 2. The SMILES string of the molecule is O=C1/C=C\CCCCCCC(=O)O1. The van der Waals surface area contributed by atoms with Gasteiger partial charge in [-0.25, -0.2) is 4.79 Å². The summed E-state index contributed by atoms with van der Waals surface area (Å²) in [5, 5.41) is 0. The number of allylic oxidation sites excluding steroid dienone is 1.